The van der Waals surface area contributed by atoms with Crippen LogP contribution in [0.5, 0.6) is 0 Å². The standard InChI is InChI=1S/C33H29N7O6S/c1-20-17-27(21(2)39(20)30-22(3)38(4)40(32(30)42)24-12-6-5-7-13-24)31(41)29(19-34)36-35-23-11-10-14-25(18-23)47(45,46)37-28-16-9-8-15-26(28)33(43)44/h5-18,35,37H,1-4H3,(H,43,44)/b36-29-. The molecule has 3 aromatic carbocycles. The number of benzene rings is 3. The zero-order chi connectivity index (χ0) is 34.0. The van der Waals surface area contributed by atoms with E-state index in [2.05, 4.69) is 15.2 Å². The Bertz CT molecular complexity index is 2290. The van der Waals surface area contributed by atoms with Crippen molar-refractivity contribution in [1.29, 1.82) is 5.26 Å². The lowest BCUT2D eigenvalue weighted by molar-refractivity contribution is 0.0698. The number of hydrogen-bond acceptors (Lipinski definition) is 8. The number of Topliss-reactive ketones (excluding diaryl/α,β-unsaturated/α-hetero) is 1. The zero-order valence-electron chi connectivity index (χ0n) is 25.7. The van der Waals surface area contributed by atoms with Crippen LogP contribution in [-0.4, -0.2) is 44.9 Å². The van der Waals surface area contributed by atoms with E-state index in [0.717, 1.165) is 0 Å². The number of sulfonamides is 1. The highest BCUT2D eigenvalue weighted by molar-refractivity contribution is 7.92. The van der Waals surface area contributed by atoms with Crippen molar-refractivity contribution in [1.82, 2.24) is 13.9 Å². The molecule has 0 radical (unpaired) electrons. The topological polar surface area (TPSA) is 181 Å². The van der Waals surface area contributed by atoms with Crippen LogP contribution in [0.3, 0.4) is 0 Å². The number of aromatic carboxylic acids is 1. The molecule has 13 nitrogen and oxygen atoms in total. The van der Waals surface area contributed by atoms with Crippen LogP contribution in [0, 0.1) is 32.1 Å². The van der Waals surface area contributed by atoms with E-state index in [4.69, 9.17) is 0 Å². The van der Waals surface area contributed by atoms with Gasteiger partial charge in [-0.3, -0.25) is 24.4 Å². The molecule has 2 heterocycles. The molecule has 0 amide bonds. The molecule has 0 fully saturated rings. The SMILES string of the molecule is Cc1cc(C(=O)/C(C#N)=N\Nc2cccc(S(=O)(=O)Nc3ccccc3C(=O)O)c2)c(C)n1-c1c(C)n(C)n(-c2ccccc2)c1=O. The third kappa shape index (κ3) is 6.07. The molecule has 14 heteroatoms. The average molecular weight is 652 g/mol. The molecule has 47 heavy (non-hydrogen) atoms. The van der Waals surface area contributed by atoms with E-state index in [9.17, 15) is 33.2 Å². The number of carboxylic acids is 1. The van der Waals surface area contributed by atoms with E-state index in [0.29, 0.717) is 28.5 Å². The molecule has 0 aliphatic rings. The van der Waals surface area contributed by atoms with Crippen LogP contribution in [0.25, 0.3) is 11.4 Å². The van der Waals surface area contributed by atoms with E-state index in [1.165, 1.54) is 53.2 Å². The van der Waals surface area contributed by atoms with Crippen molar-refractivity contribution in [2.24, 2.45) is 12.1 Å². The lowest BCUT2D eigenvalue weighted by Crippen LogP contribution is -2.22. The maximum atomic E-state index is 13.7. The van der Waals surface area contributed by atoms with Gasteiger partial charge in [-0.05, 0) is 69.3 Å². The summed E-state index contributed by atoms with van der Waals surface area (Å²) in [4.78, 5) is 38.5. The quantitative estimate of drug-likeness (QED) is 0.112. The largest absolute Gasteiger partial charge is 0.478 e. The number of aromatic nitrogens is 3. The maximum Gasteiger partial charge on any atom is 0.337 e. The molecule has 0 unspecified atom stereocenters. The summed E-state index contributed by atoms with van der Waals surface area (Å²) < 4.78 is 33.3. The number of carbonyl (C=O) groups is 2. The first kappa shape index (κ1) is 32.2. The fourth-order valence-corrected chi connectivity index (χ4v) is 6.34. The summed E-state index contributed by atoms with van der Waals surface area (Å²) in [6.07, 6.45) is 0. The summed E-state index contributed by atoms with van der Waals surface area (Å²) >= 11 is 0. The van der Waals surface area contributed by atoms with Gasteiger partial charge in [-0.1, -0.05) is 36.4 Å². The van der Waals surface area contributed by atoms with Crippen molar-refractivity contribution >= 4 is 38.9 Å². The molecule has 0 saturated heterocycles. The summed E-state index contributed by atoms with van der Waals surface area (Å²) in [7, 11) is -2.45. The minimum atomic E-state index is -4.22. The molecule has 0 saturated carbocycles. The maximum absolute atomic E-state index is 13.7. The second-order valence-electron chi connectivity index (χ2n) is 10.5. The summed E-state index contributed by atoms with van der Waals surface area (Å²) in [6.45, 7) is 5.22. The molecule has 238 valence electrons. The number of hydrogen-bond donors (Lipinski definition) is 3. The molecule has 2 aromatic heterocycles. The van der Waals surface area contributed by atoms with Gasteiger partial charge in [0.2, 0.25) is 11.5 Å². The van der Waals surface area contributed by atoms with Crippen molar-refractivity contribution in [3.05, 3.63) is 123 Å². The molecule has 5 aromatic rings. The Hall–Kier alpha value is -6.20. The Morgan fingerprint density at radius 2 is 1.57 bits per heavy atom. The van der Waals surface area contributed by atoms with Crippen LogP contribution < -0.4 is 15.7 Å². The predicted molar refractivity (Wildman–Crippen MR) is 176 cm³/mol. The van der Waals surface area contributed by atoms with Crippen LogP contribution in [-0.2, 0) is 17.1 Å². The van der Waals surface area contributed by atoms with E-state index in [1.54, 1.807) is 49.2 Å². The highest BCUT2D eigenvalue weighted by Gasteiger charge is 2.26. The summed E-state index contributed by atoms with van der Waals surface area (Å²) in [6, 6.07) is 23.5. The van der Waals surface area contributed by atoms with Gasteiger partial charge in [0.1, 0.15) is 11.8 Å². The first-order chi connectivity index (χ1) is 22.4. The molecule has 0 atom stereocenters. The number of aryl methyl sites for hydroxylation is 1. The highest BCUT2D eigenvalue weighted by Crippen LogP contribution is 2.25. The number of rotatable bonds is 10. The molecule has 3 N–H and O–H groups in total. The molecule has 0 spiro atoms. The van der Waals surface area contributed by atoms with Crippen molar-refractivity contribution in [3.63, 3.8) is 0 Å². The number of nitrogens with zero attached hydrogens (tertiary/aromatic N) is 5. The number of carbonyl (C=O) groups excluding carboxylic acids is 1. The number of nitriles is 1. The monoisotopic (exact) mass is 651 g/mol. The smallest absolute Gasteiger partial charge is 0.337 e. The average Bonchev–Trinajstić information content (AvgIpc) is 3.46. The van der Waals surface area contributed by atoms with Crippen LogP contribution in [0.2, 0.25) is 0 Å². The predicted octanol–water partition coefficient (Wildman–Crippen LogP) is 4.57. The second kappa shape index (κ2) is 12.7. The van der Waals surface area contributed by atoms with Gasteiger partial charge in [-0.25, -0.2) is 17.9 Å². The Morgan fingerprint density at radius 3 is 2.26 bits per heavy atom. The normalized spacial score (nSPS) is 11.6. The Balaban J connectivity index is 1.43. The van der Waals surface area contributed by atoms with Crippen molar-refractivity contribution in [2.75, 3.05) is 10.1 Å². The van der Waals surface area contributed by atoms with Crippen molar-refractivity contribution < 1.29 is 23.1 Å². The Labute approximate surface area is 269 Å². The van der Waals surface area contributed by atoms with Crippen molar-refractivity contribution in [3.8, 4) is 17.4 Å². The number of anilines is 2. The van der Waals surface area contributed by atoms with Gasteiger partial charge in [0.25, 0.3) is 15.6 Å². The number of ketones is 1. The number of carboxylic acid groups (broad SMARTS) is 1. The Morgan fingerprint density at radius 1 is 0.894 bits per heavy atom. The van der Waals surface area contributed by atoms with Crippen LogP contribution in [0.4, 0.5) is 11.4 Å². The van der Waals surface area contributed by atoms with E-state index < -0.39 is 27.5 Å². The molecular formula is C33H29N7O6S. The van der Waals surface area contributed by atoms with Gasteiger partial charge in [0.05, 0.1) is 33.2 Å². The van der Waals surface area contributed by atoms with Gasteiger partial charge in [0, 0.05) is 24.0 Å². The second-order valence-corrected chi connectivity index (χ2v) is 12.2. The number of nitrogens with one attached hydrogen (secondary N) is 2. The molecular weight excluding hydrogens is 622 g/mol. The summed E-state index contributed by atoms with van der Waals surface area (Å²) in [5.74, 6) is -2.00. The summed E-state index contributed by atoms with van der Waals surface area (Å²) in [5, 5.41) is 23.2. The third-order valence-corrected chi connectivity index (χ3v) is 8.95. The van der Waals surface area contributed by atoms with E-state index in [1.807, 2.05) is 30.3 Å². The molecule has 5 rings (SSSR count). The van der Waals surface area contributed by atoms with Gasteiger partial charge >= 0.3 is 5.97 Å². The van der Waals surface area contributed by atoms with Gasteiger partial charge in [-0.15, -0.1) is 0 Å². The number of para-hydroxylation sites is 2. The minimum absolute atomic E-state index is 0.115. The third-order valence-electron chi connectivity index (χ3n) is 7.59. The van der Waals surface area contributed by atoms with Gasteiger partial charge in [-0.2, -0.15) is 10.4 Å². The van der Waals surface area contributed by atoms with Crippen molar-refractivity contribution in [2.45, 2.75) is 25.7 Å². The molecule has 0 aliphatic heterocycles. The Kier molecular flexibility index (Phi) is 8.67. The first-order valence-electron chi connectivity index (χ1n) is 14.1. The van der Waals surface area contributed by atoms with E-state index in [-0.39, 0.29) is 33.0 Å². The highest BCUT2D eigenvalue weighted by atomic mass is 32.2. The van der Waals surface area contributed by atoms with Crippen LogP contribution in [0.1, 0.15) is 37.8 Å². The van der Waals surface area contributed by atoms with Gasteiger partial charge < -0.3 is 9.67 Å². The first-order valence-corrected chi connectivity index (χ1v) is 15.6. The fraction of sp³-hybridized carbons (Fsp3) is 0.121. The van der Waals surface area contributed by atoms with Gasteiger partial charge in [0.15, 0.2) is 0 Å². The van der Waals surface area contributed by atoms with Crippen LogP contribution >= 0.6 is 0 Å². The molecule has 0 aliphatic carbocycles. The lowest BCUT2D eigenvalue weighted by Gasteiger charge is -2.11. The number of hydrazone groups is 1. The van der Waals surface area contributed by atoms with E-state index >= 15 is 0 Å². The fourth-order valence-electron chi connectivity index (χ4n) is 5.22. The molecule has 0 bridgehead atoms. The summed E-state index contributed by atoms with van der Waals surface area (Å²) in [5.41, 5.74) is 4.46. The van der Waals surface area contributed by atoms with Crippen LogP contribution in [0.15, 0.2) is 99.7 Å². The lowest BCUT2D eigenvalue weighted by atomic mass is 10.1. The zero-order valence-corrected chi connectivity index (χ0v) is 26.5. The minimum Gasteiger partial charge on any atom is -0.478 e.